The number of amides is 2. The van der Waals surface area contributed by atoms with E-state index in [2.05, 4.69) is 10.6 Å². The Labute approximate surface area is 166 Å². The van der Waals surface area contributed by atoms with E-state index in [1.54, 1.807) is 19.2 Å². The third kappa shape index (κ3) is 3.28. The molecule has 4 bridgehead atoms. The van der Waals surface area contributed by atoms with Gasteiger partial charge in [-0.2, -0.15) is 0 Å². The molecular weight excluding hydrogens is 356 g/mol. The number of aryl methyl sites for hydroxylation is 1. The van der Waals surface area contributed by atoms with Gasteiger partial charge in [-0.3, -0.25) is 9.59 Å². The van der Waals surface area contributed by atoms with Crippen LogP contribution in [-0.4, -0.2) is 38.2 Å². The summed E-state index contributed by atoms with van der Waals surface area (Å²) in [6.45, 7) is 2.32. The average molecular weight is 386 g/mol. The molecule has 0 saturated heterocycles. The van der Waals surface area contributed by atoms with E-state index >= 15 is 0 Å². The summed E-state index contributed by atoms with van der Waals surface area (Å²) in [7, 11) is 3.29. The second-order valence-corrected chi connectivity index (χ2v) is 8.80. The van der Waals surface area contributed by atoms with E-state index in [0.717, 1.165) is 17.4 Å². The molecule has 1 aromatic rings. The van der Waals surface area contributed by atoms with Crippen LogP contribution in [0.4, 0.5) is 5.69 Å². The molecule has 0 aromatic heterocycles. The number of carbonyl (C=O) groups excluding carboxylic acids is 2. The Morgan fingerprint density at radius 1 is 1.04 bits per heavy atom. The van der Waals surface area contributed by atoms with Gasteiger partial charge in [-0.05, 0) is 80.4 Å². The minimum absolute atomic E-state index is 0.329. The Morgan fingerprint density at radius 3 is 2.25 bits per heavy atom. The Morgan fingerprint density at radius 2 is 1.68 bits per heavy atom. The number of rotatable bonds is 5. The Hall–Kier alpha value is -2.08. The molecule has 0 unspecified atom stereocenters. The topological polar surface area (TPSA) is 76.7 Å². The van der Waals surface area contributed by atoms with Crippen LogP contribution in [0.15, 0.2) is 18.2 Å². The van der Waals surface area contributed by atoms with E-state index in [0.29, 0.717) is 29.8 Å². The Bertz CT molecular complexity index is 748. The van der Waals surface area contributed by atoms with Crippen LogP contribution in [0.25, 0.3) is 0 Å². The molecule has 1 aromatic carbocycles. The molecule has 28 heavy (non-hydrogen) atoms. The zero-order valence-corrected chi connectivity index (χ0v) is 16.9. The number of hydrogen-bond acceptors (Lipinski definition) is 4. The number of benzene rings is 1. The molecule has 0 radical (unpaired) electrons. The Balaban J connectivity index is 1.41. The molecule has 2 N–H and O–H groups in total. The van der Waals surface area contributed by atoms with Crippen LogP contribution in [-0.2, 0) is 14.3 Å². The zero-order valence-electron chi connectivity index (χ0n) is 16.9. The summed E-state index contributed by atoms with van der Waals surface area (Å²) in [4.78, 5) is 24.9. The molecule has 4 aliphatic rings. The van der Waals surface area contributed by atoms with Crippen LogP contribution in [0.5, 0.6) is 5.75 Å². The Kier molecular flexibility index (Phi) is 5.08. The maximum absolute atomic E-state index is 12.5. The summed E-state index contributed by atoms with van der Waals surface area (Å²) < 4.78 is 11.3. The molecule has 0 aliphatic heterocycles. The molecule has 2 amide bonds. The summed E-state index contributed by atoms with van der Waals surface area (Å²) in [5, 5.41) is 5.53. The molecular formula is C22H30N2O4. The van der Waals surface area contributed by atoms with E-state index in [1.807, 2.05) is 13.0 Å². The van der Waals surface area contributed by atoms with E-state index in [4.69, 9.17) is 9.47 Å². The second-order valence-electron chi connectivity index (χ2n) is 8.80. The zero-order chi connectivity index (χ0) is 19.9. The highest BCUT2D eigenvalue weighted by atomic mass is 16.5. The van der Waals surface area contributed by atoms with Gasteiger partial charge in [0.2, 0.25) is 0 Å². The maximum atomic E-state index is 12.5. The first-order chi connectivity index (χ1) is 13.4. The highest BCUT2D eigenvalue weighted by Crippen LogP contribution is 2.59. The number of nitrogens with one attached hydrogen (secondary N) is 2. The summed E-state index contributed by atoms with van der Waals surface area (Å²) in [5.41, 5.74) is 1.15. The summed E-state index contributed by atoms with van der Waals surface area (Å²) in [6, 6.07) is 5.46. The fourth-order valence-electron chi connectivity index (χ4n) is 6.07. The van der Waals surface area contributed by atoms with E-state index < -0.39 is 11.8 Å². The first kappa shape index (κ1) is 19.2. The predicted octanol–water partition coefficient (Wildman–Crippen LogP) is 2.90. The van der Waals surface area contributed by atoms with E-state index in [9.17, 15) is 9.59 Å². The third-order valence-corrected chi connectivity index (χ3v) is 7.23. The molecule has 4 aliphatic carbocycles. The molecule has 4 fully saturated rings. The normalized spacial score (nSPS) is 32.8. The number of ether oxygens (including phenoxy) is 2. The molecule has 152 valence electrons. The van der Waals surface area contributed by atoms with Crippen molar-refractivity contribution >= 4 is 17.5 Å². The lowest BCUT2D eigenvalue weighted by molar-refractivity contribution is -0.188. The lowest BCUT2D eigenvalue weighted by atomic mass is 9.49. The van der Waals surface area contributed by atoms with Gasteiger partial charge in [0.25, 0.3) is 0 Å². The second kappa shape index (κ2) is 7.39. The van der Waals surface area contributed by atoms with Crippen LogP contribution in [0.2, 0.25) is 0 Å². The van der Waals surface area contributed by atoms with Gasteiger partial charge in [-0.1, -0.05) is 6.07 Å². The molecule has 4 saturated carbocycles. The third-order valence-electron chi connectivity index (χ3n) is 7.23. The fraction of sp³-hybridized carbons (Fsp3) is 0.636. The van der Waals surface area contributed by atoms with E-state index in [-0.39, 0.29) is 5.60 Å². The number of anilines is 1. The van der Waals surface area contributed by atoms with Crippen molar-refractivity contribution in [2.45, 2.75) is 44.6 Å². The average Bonchev–Trinajstić information content (AvgIpc) is 2.67. The minimum Gasteiger partial charge on any atom is -0.495 e. The van der Waals surface area contributed by atoms with Crippen LogP contribution >= 0.6 is 0 Å². The van der Waals surface area contributed by atoms with Crippen LogP contribution in [0, 0.1) is 30.6 Å². The number of hydrogen-bond donors (Lipinski definition) is 2. The van der Waals surface area contributed by atoms with Crippen LogP contribution < -0.4 is 15.4 Å². The van der Waals surface area contributed by atoms with Crippen LogP contribution in [0.1, 0.15) is 37.7 Å². The first-order valence-electron chi connectivity index (χ1n) is 10.2. The molecule has 0 spiro atoms. The smallest absolute Gasteiger partial charge is 0.313 e. The first-order valence-corrected chi connectivity index (χ1v) is 10.2. The highest BCUT2D eigenvalue weighted by molar-refractivity contribution is 6.39. The lowest BCUT2D eigenvalue weighted by Crippen LogP contribution is -2.63. The predicted molar refractivity (Wildman–Crippen MR) is 106 cm³/mol. The largest absolute Gasteiger partial charge is 0.495 e. The van der Waals surface area contributed by atoms with Crippen molar-refractivity contribution in [1.29, 1.82) is 0 Å². The molecule has 6 heteroatoms. The van der Waals surface area contributed by atoms with Gasteiger partial charge in [0.15, 0.2) is 0 Å². The number of methoxy groups -OCH3 is 2. The highest BCUT2D eigenvalue weighted by Gasteiger charge is 2.57. The van der Waals surface area contributed by atoms with Crippen molar-refractivity contribution in [3.05, 3.63) is 23.8 Å². The van der Waals surface area contributed by atoms with Gasteiger partial charge in [0, 0.05) is 13.7 Å². The van der Waals surface area contributed by atoms with Gasteiger partial charge in [-0.25, -0.2) is 0 Å². The standard InChI is InChI=1S/C22H30N2O4/c1-13-4-5-19(27-2)18(6-13)24-21(26)20(25)23-12-22(28-3)16-8-14-7-15(10-16)11-17(22)9-14/h4-6,14-17H,7-12H2,1-3H3,(H,23,25)(H,24,26). The van der Waals surface area contributed by atoms with Crippen molar-refractivity contribution in [2.24, 2.45) is 23.7 Å². The van der Waals surface area contributed by atoms with Crippen molar-refractivity contribution in [3.8, 4) is 5.75 Å². The summed E-state index contributed by atoms with van der Waals surface area (Å²) >= 11 is 0. The van der Waals surface area contributed by atoms with E-state index in [1.165, 1.54) is 39.2 Å². The SMILES string of the molecule is COc1ccc(C)cc1NC(=O)C(=O)NCC1(OC)C2CC3CC(C2)CC1C3. The van der Waals surface area contributed by atoms with Crippen molar-refractivity contribution in [2.75, 3.05) is 26.1 Å². The summed E-state index contributed by atoms with van der Waals surface area (Å²) in [6.07, 6.45) is 6.10. The van der Waals surface area contributed by atoms with Crippen molar-refractivity contribution in [3.63, 3.8) is 0 Å². The van der Waals surface area contributed by atoms with Crippen LogP contribution in [0.3, 0.4) is 0 Å². The molecule has 6 nitrogen and oxygen atoms in total. The summed E-state index contributed by atoms with van der Waals surface area (Å²) in [5.74, 6) is 1.81. The van der Waals surface area contributed by atoms with Gasteiger partial charge in [0.05, 0.1) is 18.4 Å². The maximum Gasteiger partial charge on any atom is 0.313 e. The minimum atomic E-state index is -0.682. The van der Waals surface area contributed by atoms with Gasteiger partial charge in [-0.15, -0.1) is 0 Å². The lowest BCUT2D eigenvalue weighted by Gasteiger charge is -2.60. The fourth-order valence-corrected chi connectivity index (χ4v) is 6.07. The van der Waals surface area contributed by atoms with Gasteiger partial charge < -0.3 is 20.1 Å². The monoisotopic (exact) mass is 386 g/mol. The molecule has 0 heterocycles. The van der Waals surface area contributed by atoms with Gasteiger partial charge >= 0.3 is 11.8 Å². The quantitative estimate of drug-likeness (QED) is 0.763. The van der Waals surface area contributed by atoms with Crippen molar-refractivity contribution in [1.82, 2.24) is 5.32 Å². The molecule has 0 atom stereocenters. The number of carbonyl (C=O) groups is 2. The van der Waals surface area contributed by atoms with Crippen molar-refractivity contribution < 1.29 is 19.1 Å². The van der Waals surface area contributed by atoms with Gasteiger partial charge in [0.1, 0.15) is 5.75 Å². The molecule has 5 rings (SSSR count).